The van der Waals surface area contributed by atoms with Gasteiger partial charge in [-0.15, -0.1) is 0 Å². The summed E-state index contributed by atoms with van der Waals surface area (Å²) in [5.41, 5.74) is 1.41. The second kappa shape index (κ2) is 7.76. The molecule has 23 heavy (non-hydrogen) atoms. The molecule has 0 aliphatic heterocycles. The summed E-state index contributed by atoms with van der Waals surface area (Å²) in [6.45, 7) is 0.0858. The molecule has 0 aliphatic carbocycles. The van der Waals surface area contributed by atoms with Crippen LogP contribution < -0.4 is 0 Å². The lowest BCUT2D eigenvalue weighted by Gasteiger charge is -2.18. The molecule has 1 amide bonds. The maximum absolute atomic E-state index is 12.6. The molecule has 0 saturated heterocycles. The summed E-state index contributed by atoms with van der Waals surface area (Å²) in [7, 11) is 1.67. The monoisotopic (exact) mass is 308 g/mol. The van der Waals surface area contributed by atoms with Crippen LogP contribution in [-0.4, -0.2) is 30.4 Å². The zero-order valence-corrected chi connectivity index (χ0v) is 12.7. The highest BCUT2D eigenvalue weighted by Gasteiger charge is 2.20. The lowest BCUT2D eigenvalue weighted by Crippen LogP contribution is -2.28. The van der Waals surface area contributed by atoms with E-state index in [0.29, 0.717) is 6.54 Å². The summed E-state index contributed by atoms with van der Waals surface area (Å²) in [5, 5.41) is 8.49. The van der Waals surface area contributed by atoms with Crippen molar-refractivity contribution in [1.29, 1.82) is 5.26 Å². The van der Waals surface area contributed by atoms with Crippen LogP contribution in [0.2, 0.25) is 0 Å². The molecule has 0 fully saturated rings. The van der Waals surface area contributed by atoms with Gasteiger partial charge >= 0.3 is 5.97 Å². The lowest BCUT2D eigenvalue weighted by molar-refractivity contribution is 0.0547. The molecule has 5 heteroatoms. The molecule has 2 rings (SSSR count). The van der Waals surface area contributed by atoms with E-state index in [0.717, 1.165) is 5.56 Å². The largest absolute Gasteiger partial charge is 0.447 e. The number of hydrogen-bond acceptors (Lipinski definition) is 4. The number of benzene rings is 2. The first kappa shape index (κ1) is 16.2. The molecule has 116 valence electrons. The molecule has 0 N–H and O–H groups in total. The van der Waals surface area contributed by atoms with Crippen molar-refractivity contribution in [3.63, 3.8) is 0 Å². The van der Waals surface area contributed by atoms with E-state index in [9.17, 15) is 9.59 Å². The van der Waals surface area contributed by atoms with E-state index in [2.05, 4.69) is 0 Å². The Morgan fingerprint density at radius 2 is 1.65 bits per heavy atom. The Morgan fingerprint density at radius 3 is 2.30 bits per heavy atom. The number of carbonyl (C=O) groups is 2. The van der Waals surface area contributed by atoms with Gasteiger partial charge in [0.2, 0.25) is 0 Å². The summed E-state index contributed by atoms with van der Waals surface area (Å²) in [6, 6.07) is 17.7. The first-order valence-corrected chi connectivity index (χ1v) is 7.06. The molecule has 0 radical (unpaired) electrons. The molecule has 0 atom stereocenters. The van der Waals surface area contributed by atoms with Gasteiger partial charge in [0.1, 0.15) is 6.07 Å². The Balaban J connectivity index is 2.19. The van der Waals surface area contributed by atoms with Crippen molar-refractivity contribution in [2.24, 2.45) is 0 Å². The predicted octanol–water partition coefficient (Wildman–Crippen LogP) is 2.64. The number of nitrogens with zero attached hydrogens (tertiary/aromatic N) is 2. The molecule has 0 saturated carbocycles. The average Bonchev–Trinajstić information content (AvgIpc) is 2.59. The fraction of sp³-hybridized carbons (Fsp3) is 0.167. The van der Waals surface area contributed by atoms with E-state index >= 15 is 0 Å². The molecular formula is C18H16N2O3. The van der Waals surface area contributed by atoms with E-state index in [1.165, 1.54) is 11.0 Å². The molecule has 5 nitrogen and oxygen atoms in total. The van der Waals surface area contributed by atoms with Crippen LogP contribution in [0.15, 0.2) is 54.6 Å². The van der Waals surface area contributed by atoms with Gasteiger partial charge in [0.05, 0.1) is 11.1 Å². The van der Waals surface area contributed by atoms with Crippen molar-refractivity contribution in [2.75, 3.05) is 13.7 Å². The Kier molecular flexibility index (Phi) is 5.48. The number of rotatable bonds is 5. The highest BCUT2D eigenvalue weighted by atomic mass is 16.5. The Morgan fingerprint density at radius 1 is 1.04 bits per heavy atom. The molecule has 2 aromatic rings. The second-order valence-electron chi connectivity index (χ2n) is 4.93. The van der Waals surface area contributed by atoms with Gasteiger partial charge in [-0.25, -0.2) is 4.79 Å². The van der Waals surface area contributed by atoms with Crippen LogP contribution >= 0.6 is 0 Å². The fourth-order valence-corrected chi connectivity index (χ4v) is 2.16. The van der Waals surface area contributed by atoms with E-state index in [4.69, 9.17) is 10.00 Å². The van der Waals surface area contributed by atoms with Gasteiger partial charge in [0.25, 0.3) is 5.91 Å². The van der Waals surface area contributed by atoms with E-state index < -0.39 is 5.97 Å². The third-order valence-corrected chi connectivity index (χ3v) is 3.25. The zero-order valence-electron chi connectivity index (χ0n) is 12.7. The Hall–Kier alpha value is -3.13. The molecule has 0 spiro atoms. The zero-order chi connectivity index (χ0) is 16.7. The van der Waals surface area contributed by atoms with Crippen LogP contribution in [0, 0.1) is 11.3 Å². The third-order valence-electron chi connectivity index (χ3n) is 3.25. The minimum atomic E-state index is -0.677. The normalized spacial score (nSPS) is 9.74. The third kappa shape index (κ3) is 4.17. The van der Waals surface area contributed by atoms with Gasteiger partial charge in [-0.2, -0.15) is 5.26 Å². The van der Waals surface area contributed by atoms with Crippen LogP contribution in [0.25, 0.3) is 0 Å². The fourth-order valence-electron chi connectivity index (χ4n) is 2.16. The van der Waals surface area contributed by atoms with Crippen molar-refractivity contribution in [3.05, 3.63) is 71.3 Å². The molecule has 2 aromatic carbocycles. The number of hydrogen-bond donors (Lipinski definition) is 0. The number of esters is 1. The van der Waals surface area contributed by atoms with Crippen molar-refractivity contribution in [1.82, 2.24) is 4.90 Å². The van der Waals surface area contributed by atoms with Crippen molar-refractivity contribution < 1.29 is 14.3 Å². The van der Waals surface area contributed by atoms with Gasteiger partial charge in [-0.3, -0.25) is 4.79 Å². The second-order valence-corrected chi connectivity index (χ2v) is 4.93. The van der Waals surface area contributed by atoms with Crippen LogP contribution in [0.5, 0.6) is 0 Å². The van der Waals surface area contributed by atoms with Crippen LogP contribution in [-0.2, 0) is 11.3 Å². The van der Waals surface area contributed by atoms with Gasteiger partial charge < -0.3 is 9.64 Å². The maximum Gasteiger partial charge on any atom is 0.339 e. The predicted molar refractivity (Wildman–Crippen MR) is 84.6 cm³/mol. The topological polar surface area (TPSA) is 70.4 Å². The lowest BCUT2D eigenvalue weighted by atomic mass is 10.1. The summed E-state index contributed by atoms with van der Waals surface area (Å²) >= 11 is 0. The highest BCUT2D eigenvalue weighted by molar-refractivity contribution is 6.05. The standard InChI is InChI=1S/C18H16N2O3/c1-20(13-14-7-3-2-4-8-14)17(21)15-9-5-6-10-16(15)18(22)23-12-11-19/h2-10H,12-13H2,1H3. The Labute approximate surface area is 134 Å². The highest BCUT2D eigenvalue weighted by Crippen LogP contribution is 2.14. The van der Waals surface area contributed by atoms with Crippen molar-refractivity contribution >= 4 is 11.9 Å². The summed E-state index contributed by atoms with van der Waals surface area (Å²) in [4.78, 5) is 26.1. The molecule has 0 unspecified atom stereocenters. The van der Waals surface area contributed by atoms with E-state index in [1.807, 2.05) is 30.3 Å². The van der Waals surface area contributed by atoms with Crippen LogP contribution in [0.3, 0.4) is 0 Å². The summed E-state index contributed by atoms with van der Waals surface area (Å²) in [5.74, 6) is -0.957. The summed E-state index contributed by atoms with van der Waals surface area (Å²) in [6.07, 6.45) is 0. The molecule has 0 aromatic heterocycles. The molecule has 0 bridgehead atoms. The molecule has 0 heterocycles. The van der Waals surface area contributed by atoms with E-state index in [-0.39, 0.29) is 23.6 Å². The van der Waals surface area contributed by atoms with Crippen LogP contribution in [0.1, 0.15) is 26.3 Å². The molecule has 0 aliphatic rings. The van der Waals surface area contributed by atoms with E-state index in [1.54, 1.807) is 31.3 Å². The van der Waals surface area contributed by atoms with Gasteiger partial charge in [0, 0.05) is 13.6 Å². The number of ether oxygens (including phenoxy) is 1. The first-order chi connectivity index (χ1) is 11.1. The first-order valence-electron chi connectivity index (χ1n) is 7.06. The minimum absolute atomic E-state index is 0.160. The number of amides is 1. The maximum atomic E-state index is 12.6. The van der Waals surface area contributed by atoms with Crippen LogP contribution in [0.4, 0.5) is 0 Å². The average molecular weight is 308 g/mol. The molecular weight excluding hydrogens is 292 g/mol. The quantitative estimate of drug-likeness (QED) is 0.796. The van der Waals surface area contributed by atoms with Gasteiger partial charge in [-0.1, -0.05) is 42.5 Å². The van der Waals surface area contributed by atoms with Crippen molar-refractivity contribution in [3.8, 4) is 6.07 Å². The number of nitriles is 1. The Bertz CT molecular complexity index is 735. The van der Waals surface area contributed by atoms with Crippen molar-refractivity contribution in [2.45, 2.75) is 6.54 Å². The minimum Gasteiger partial charge on any atom is -0.447 e. The number of carbonyl (C=O) groups excluding carboxylic acids is 2. The SMILES string of the molecule is CN(Cc1ccccc1)C(=O)c1ccccc1C(=O)OCC#N. The van der Waals surface area contributed by atoms with Gasteiger partial charge in [-0.05, 0) is 17.7 Å². The summed E-state index contributed by atoms with van der Waals surface area (Å²) < 4.78 is 4.80. The smallest absolute Gasteiger partial charge is 0.339 e. The van der Waals surface area contributed by atoms with Gasteiger partial charge in [0.15, 0.2) is 6.61 Å².